The van der Waals surface area contributed by atoms with Crippen molar-refractivity contribution in [2.24, 2.45) is 5.92 Å². The molecular weight excluding hydrogens is 238 g/mol. The van der Waals surface area contributed by atoms with Crippen molar-refractivity contribution in [3.05, 3.63) is 0 Å². The first-order chi connectivity index (χ1) is 8.24. The van der Waals surface area contributed by atoms with Crippen LogP contribution >= 0.6 is 0 Å². The third-order valence-corrected chi connectivity index (χ3v) is 2.82. The van der Waals surface area contributed by atoms with Crippen molar-refractivity contribution in [1.29, 1.82) is 0 Å². The smallest absolute Gasteiger partial charge is 0.410 e. The molecule has 1 rings (SSSR count). The molecular formula is C12H20NO5-. The molecule has 0 N–H and O–H groups in total. The minimum absolute atomic E-state index is 0.212. The summed E-state index contributed by atoms with van der Waals surface area (Å²) in [5, 5.41) is 10.9. The first kappa shape index (κ1) is 14.8. The van der Waals surface area contributed by atoms with Gasteiger partial charge in [-0.2, -0.15) is 0 Å². The Bertz CT molecular complexity index is 323. The quantitative estimate of drug-likeness (QED) is 0.697. The largest absolute Gasteiger partial charge is 0.550 e. The van der Waals surface area contributed by atoms with Gasteiger partial charge in [-0.25, -0.2) is 4.79 Å². The Hall–Kier alpha value is -1.30. The fourth-order valence-electron chi connectivity index (χ4n) is 1.92. The van der Waals surface area contributed by atoms with Crippen molar-refractivity contribution >= 4 is 12.1 Å². The Morgan fingerprint density at radius 2 is 1.94 bits per heavy atom. The predicted molar refractivity (Wildman–Crippen MR) is 61.7 cm³/mol. The zero-order valence-corrected chi connectivity index (χ0v) is 11.3. The summed E-state index contributed by atoms with van der Waals surface area (Å²) >= 11 is 0. The highest BCUT2D eigenvalue weighted by atomic mass is 16.6. The average Bonchev–Trinajstić information content (AvgIpc) is 2.25. The maximum atomic E-state index is 11.8. The van der Waals surface area contributed by atoms with E-state index in [-0.39, 0.29) is 6.54 Å². The van der Waals surface area contributed by atoms with Crippen LogP contribution in [-0.4, -0.2) is 48.9 Å². The van der Waals surface area contributed by atoms with E-state index in [1.54, 1.807) is 20.8 Å². The topological polar surface area (TPSA) is 78.9 Å². The lowest BCUT2D eigenvalue weighted by Gasteiger charge is -2.38. The van der Waals surface area contributed by atoms with Crippen LogP contribution in [0.3, 0.4) is 0 Å². The molecule has 0 saturated carbocycles. The van der Waals surface area contributed by atoms with E-state index in [0.717, 1.165) is 0 Å². The van der Waals surface area contributed by atoms with Crippen molar-refractivity contribution in [3.63, 3.8) is 0 Å². The molecule has 2 atom stereocenters. The molecule has 0 aliphatic carbocycles. The van der Waals surface area contributed by atoms with Crippen LogP contribution in [0, 0.1) is 5.92 Å². The molecule has 18 heavy (non-hydrogen) atoms. The molecule has 104 valence electrons. The highest BCUT2D eigenvalue weighted by Crippen LogP contribution is 2.21. The van der Waals surface area contributed by atoms with Crippen molar-refractivity contribution in [2.45, 2.75) is 38.9 Å². The number of ether oxygens (including phenoxy) is 2. The summed E-state index contributed by atoms with van der Waals surface area (Å²) in [7, 11) is 1.43. The van der Waals surface area contributed by atoms with Gasteiger partial charge in [-0.05, 0) is 27.2 Å². The third-order valence-electron chi connectivity index (χ3n) is 2.82. The van der Waals surface area contributed by atoms with Crippen molar-refractivity contribution in [3.8, 4) is 0 Å². The summed E-state index contributed by atoms with van der Waals surface area (Å²) < 4.78 is 10.3. The van der Waals surface area contributed by atoms with Crippen LogP contribution in [0.1, 0.15) is 27.2 Å². The number of aliphatic carboxylic acids is 1. The number of rotatable bonds is 2. The first-order valence-corrected chi connectivity index (χ1v) is 5.96. The summed E-state index contributed by atoms with van der Waals surface area (Å²) in [5.74, 6) is -1.81. The van der Waals surface area contributed by atoms with Gasteiger partial charge >= 0.3 is 6.09 Å². The molecule has 1 aliphatic heterocycles. The van der Waals surface area contributed by atoms with Gasteiger partial charge in [-0.15, -0.1) is 0 Å². The molecule has 0 spiro atoms. The Morgan fingerprint density at radius 1 is 1.33 bits per heavy atom. The second-order valence-corrected chi connectivity index (χ2v) is 5.41. The van der Waals surface area contributed by atoms with E-state index in [9.17, 15) is 14.7 Å². The van der Waals surface area contributed by atoms with Gasteiger partial charge in [0.25, 0.3) is 0 Å². The molecule has 0 aromatic rings. The highest BCUT2D eigenvalue weighted by molar-refractivity contribution is 5.71. The number of piperidine rings is 1. The predicted octanol–water partition coefficient (Wildman–Crippen LogP) is 0.00830. The number of likely N-dealkylation sites (tertiary alicyclic amines) is 1. The normalized spacial score (nSPS) is 24.8. The fourth-order valence-corrected chi connectivity index (χ4v) is 1.92. The number of nitrogens with zero attached hydrogens (tertiary/aromatic N) is 1. The molecule has 1 amide bonds. The van der Waals surface area contributed by atoms with Crippen LogP contribution < -0.4 is 5.11 Å². The zero-order chi connectivity index (χ0) is 13.9. The SMILES string of the molecule is COC1CN(C(=O)OC(C)(C)C)CCC1C(=O)[O-]. The summed E-state index contributed by atoms with van der Waals surface area (Å²) in [6, 6.07) is 0. The Labute approximate surface area is 107 Å². The van der Waals surface area contributed by atoms with E-state index < -0.39 is 29.7 Å². The minimum Gasteiger partial charge on any atom is -0.550 e. The molecule has 6 nitrogen and oxygen atoms in total. The molecule has 0 radical (unpaired) electrons. The Kier molecular flexibility index (Phi) is 4.56. The number of methoxy groups -OCH3 is 1. The zero-order valence-electron chi connectivity index (χ0n) is 11.3. The van der Waals surface area contributed by atoms with Crippen LogP contribution in [0.5, 0.6) is 0 Å². The summed E-state index contributed by atoms with van der Waals surface area (Å²) in [4.78, 5) is 24.2. The molecule has 0 aromatic heterocycles. The molecule has 1 saturated heterocycles. The van der Waals surface area contributed by atoms with E-state index in [0.29, 0.717) is 13.0 Å². The van der Waals surface area contributed by atoms with Gasteiger partial charge < -0.3 is 24.3 Å². The average molecular weight is 258 g/mol. The molecule has 0 aromatic carbocycles. The van der Waals surface area contributed by atoms with E-state index in [2.05, 4.69) is 0 Å². The van der Waals surface area contributed by atoms with Crippen molar-refractivity contribution in [1.82, 2.24) is 4.90 Å². The maximum Gasteiger partial charge on any atom is 0.410 e. The highest BCUT2D eigenvalue weighted by Gasteiger charge is 2.34. The molecule has 1 heterocycles. The maximum absolute atomic E-state index is 11.8. The van der Waals surface area contributed by atoms with Crippen LogP contribution in [0.4, 0.5) is 4.79 Å². The van der Waals surface area contributed by atoms with Gasteiger partial charge in [0, 0.05) is 25.5 Å². The number of carboxylic acids is 1. The molecule has 0 bridgehead atoms. The number of carbonyl (C=O) groups is 2. The minimum atomic E-state index is -1.13. The second-order valence-electron chi connectivity index (χ2n) is 5.41. The van der Waals surface area contributed by atoms with Gasteiger partial charge in [-0.3, -0.25) is 0 Å². The van der Waals surface area contributed by atoms with Crippen molar-refractivity contribution in [2.75, 3.05) is 20.2 Å². The molecule has 1 fully saturated rings. The summed E-state index contributed by atoms with van der Waals surface area (Å²) in [6.07, 6.45) is -0.669. The van der Waals surface area contributed by atoms with Gasteiger partial charge in [-0.1, -0.05) is 0 Å². The van der Waals surface area contributed by atoms with Crippen LogP contribution in [0.2, 0.25) is 0 Å². The van der Waals surface area contributed by atoms with Gasteiger partial charge in [0.2, 0.25) is 0 Å². The standard InChI is InChI=1S/C12H21NO5/c1-12(2,3)18-11(16)13-6-5-8(10(14)15)9(7-13)17-4/h8-9H,5-7H2,1-4H3,(H,14,15)/p-1. The Balaban J connectivity index is 2.62. The molecule has 1 aliphatic rings. The van der Waals surface area contributed by atoms with E-state index >= 15 is 0 Å². The summed E-state index contributed by atoms with van der Waals surface area (Å²) in [6.45, 7) is 5.91. The van der Waals surface area contributed by atoms with E-state index in [4.69, 9.17) is 9.47 Å². The van der Waals surface area contributed by atoms with Crippen LogP contribution in [0.25, 0.3) is 0 Å². The fraction of sp³-hybridized carbons (Fsp3) is 0.833. The van der Waals surface area contributed by atoms with Crippen molar-refractivity contribution < 1.29 is 24.2 Å². The lowest BCUT2D eigenvalue weighted by Crippen LogP contribution is -2.53. The summed E-state index contributed by atoms with van der Waals surface area (Å²) in [5.41, 5.74) is -0.565. The van der Waals surface area contributed by atoms with Gasteiger partial charge in [0.05, 0.1) is 12.6 Å². The van der Waals surface area contributed by atoms with E-state index in [1.165, 1.54) is 12.0 Å². The number of carboxylic acid groups (broad SMARTS) is 1. The van der Waals surface area contributed by atoms with Gasteiger partial charge in [0.15, 0.2) is 0 Å². The lowest BCUT2D eigenvalue weighted by molar-refractivity contribution is -0.316. The molecule has 6 heteroatoms. The number of amides is 1. The number of hydrogen-bond donors (Lipinski definition) is 0. The van der Waals surface area contributed by atoms with Crippen LogP contribution in [0.15, 0.2) is 0 Å². The number of carbonyl (C=O) groups excluding carboxylic acids is 2. The second kappa shape index (κ2) is 5.56. The van der Waals surface area contributed by atoms with E-state index in [1.807, 2.05) is 0 Å². The molecule has 2 unspecified atom stereocenters. The monoisotopic (exact) mass is 258 g/mol. The Morgan fingerprint density at radius 3 is 2.39 bits per heavy atom. The van der Waals surface area contributed by atoms with Crippen LogP contribution in [-0.2, 0) is 14.3 Å². The first-order valence-electron chi connectivity index (χ1n) is 5.96. The third kappa shape index (κ3) is 3.87. The van der Waals surface area contributed by atoms with Gasteiger partial charge in [0.1, 0.15) is 5.60 Å². The lowest BCUT2D eigenvalue weighted by atomic mass is 9.94. The number of hydrogen-bond acceptors (Lipinski definition) is 5.